The fraction of sp³-hybridized carbons (Fsp3) is 0.700. The highest BCUT2D eigenvalue weighted by atomic mass is 32.2. The van der Waals surface area contributed by atoms with Crippen molar-refractivity contribution >= 4 is 17.7 Å². The lowest BCUT2D eigenvalue weighted by Crippen LogP contribution is -2.48. The first-order valence-corrected chi connectivity index (χ1v) is 6.46. The number of rotatable bonds is 1. The van der Waals surface area contributed by atoms with Gasteiger partial charge in [-0.2, -0.15) is 11.8 Å². The van der Waals surface area contributed by atoms with Gasteiger partial charge in [-0.05, 0) is 13.8 Å². The first-order chi connectivity index (χ1) is 7.59. The van der Waals surface area contributed by atoms with Crippen LogP contribution in [-0.4, -0.2) is 49.6 Å². The molecule has 0 saturated carbocycles. The molecule has 0 bridgehead atoms. The van der Waals surface area contributed by atoms with Crippen molar-refractivity contribution < 1.29 is 4.79 Å². The molecule has 5 nitrogen and oxygen atoms in total. The number of hydrogen-bond donors (Lipinski definition) is 1. The maximum atomic E-state index is 12.1. The average molecular weight is 240 g/mol. The lowest BCUT2D eigenvalue weighted by atomic mass is 10.2. The van der Waals surface area contributed by atoms with Crippen LogP contribution in [0.1, 0.15) is 30.3 Å². The van der Waals surface area contributed by atoms with Crippen LogP contribution in [0.5, 0.6) is 0 Å². The molecule has 1 amide bonds. The Bertz CT molecular complexity index is 392. The van der Waals surface area contributed by atoms with Crippen LogP contribution < -0.4 is 0 Å². The highest BCUT2D eigenvalue weighted by molar-refractivity contribution is 8.00. The Hall–Kier alpha value is -1.04. The van der Waals surface area contributed by atoms with E-state index in [2.05, 4.69) is 29.0 Å². The van der Waals surface area contributed by atoms with Crippen LogP contribution in [0, 0.1) is 6.92 Å². The number of nitrogens with zero attached hydrogens (tertiary/aromatic N) is 3. The van der Waals surface area contributed by atoms with Gasteiger partial charge in [-0.1, -0.05) is 6.92 Å². The summed E-state index contributed by atoms with van der Waals surface area (Å²) in [5.74, 6) is 1.88. The molecule has 1 aliphatic heterocycles. The summed E-state index contributed by atoms with van der Waals surface area (Å²) in [4.78, 5) is 18.1. The molecule has 2 heterocycles. The zero-order chi connectivity index (χ0) is 11.7. The van der Waals surface area contributed by atoms with Crippen molar-refractivity contribution in [3.8, 4) is 0 Å². The lowest BCUT2D eigenvalue weighted by molar-refractivity contribution is 0.0686. The number of hydrogen-bond acceptors (Lipinski definition) is 4. The van der Waals surface area contributed by atoms with Gasteiger partial charge in [0.1, 0.15) is 5.82 Å². The minimum Gasteiger partial charge on any atom is -0.331 e. The maximum absolute atomic E-state index is 12.1. The third-order valence-corrected chi connectivity index (χ3v) is 4.27. The third-order valence-electron chi connectivity index (χ3n) is 2.93. The maximum Gasteiger partial charge on any atom is 0.293 e. The van der Waals surface area contributed by atoms with Crippen LogP contribution in [0.25, 0.3) is 0 Å². The highest BCUT2D eigenvalue weighted by Gasteiger charge is 2.31. The predicted octanol–water partition coefficient (Wildman–Crippen LogP) is 1.08. The van der Waals surface area contributed by atoms with Gasteiger partial charge in [0.15, 0.2) is 0 Å². The molecule has 1 fully saturated rings. The van der Waals surface area contributed by atoms with Crippen molar-refractivity contribution in [3.05, 3.63) is 11.6 Å². The number of nitrogens with one attached hydrogen (secondary N) is 1. The quantitative estimate of drug-likeness (QED) is 0.798. The molecule has 1 aromatic heterocycles. The predicted molar refractivity (Wildman–Crippen MR) is 63.5 cm³/mol. The van der Waals surface area contributed by atoms with E-state index in [1.807, 2.05) is 16.7 Å². The number of amides is 1. The number of H-pyrrole nitrogens is 1. The second kappa shape index (κ2) is 4.45. The monoisotopic (exact) mass is 240 g/mol. The molecule has 2 rings (SSSR count). The van der Waals surface area contributed by atoms with Crippen LogP contribution in [0.2, 0.25) is 0 Å². The van der Waals surface area contributed by atoms with Gasteiger partial charge in [0.05, 0.1) is 0 Å². The zero-order valence-electron chi connectivity index (χ0n) is 9.73. The van der Waals surface area contributed by atoms with Crippen molar-refractivity contribution in [2.75, 3.05) is 12.3 Å². The van der Waals surface area contributed by atoms with Crippen molar-refractivity contribution in [2.45, 2.75) is 32.1 Å². The Kier molecular flexibility index (Phi) is 3.18. The van der Waals surface area contributed by atoms with Gasteiger partial charge in [0.25, 0.3) is 5.91 Å². The third kappa shape index (κ3) is 2.07. The molecule has 2 atom stereocenters. The SMILES string of the molecule is Cc1nc(C(=O)N2CCSC(C)C2C)n[nH]1. The molecule has 0 aromatic carbocycles. The molecule has 16 heavy (non-hydrogen) atoms. The minimum absolute atomic E-state index is 0.0657. The van der Waals surface area contributed by atoms with Gasteiger partial charge >= 0.3 is 0 Å². The normalized spacial score (nSPS) is 25.8. The zero-order valence-corrected chi connectivity index (χ0v) is 10.5. The summed E-state index contributed by atoms with van der Waals surface area (Å²) in [7, 11) is 0. The average Bonchev–Trinajstić information content (AvgIpc) is 2.68. The Morgan fingerprint density at radius 3 is 2.94 bits per heavy atom. The van der Waals surface area contributed by atoms with E-state index in [-0.39, 0.29) is 17.8 Å². The highest BCUT2D eigenvalue weighted by Crippen LogP contribution is 2.24. The van der Waals surface area contributed by atoms with E-state index in [0.717, 1.165) is 12.3 Å². The van der Waals surface area contributed by atoms with Crippen LogP contribution in [0.15, 0.2) is 0 Å². The fourth-order valence-corrected chi connectivity index (χ4v) is 2.89. The van der Waals surface area contributed by atoms with Crippen molar-refractivity contribution in [3.63, 3.8) is 0 Å². The van der Waals surface area contributed by atoms with E-state index >= 15 is 0 Å². The van der Waals surface area contributed by atoms with E-state index in [1.165, 1.54) is 0 Å². The van der Waals surface area contributed by atoms with Crippen LogP contribution in [-0.2, 0) is 0 Å². The molecule has 6 heteroatoms. The summed E-state index contributed by atoms with van der Waals surface area (Å²) in [6.45, 7) is 6.80. The molecule has 1 aromatic rings. The Morgan fingerprint density at radius 2 is 2.31 bits per heavy atom. The molecule has 1 aliphatic rings. The Labute approximate surface area is 99.0 Å². The summed E-state index contributed by atoms with van der Waals surface area (Å²) < 4.78 is 0. The molecule has 1 saturated heterocycles. The topological polar surface area (TPSA) is 61.9 Å². The van der Waals surface area contributed by atoms with Gasteiger partial charge in [0.2, 0.25) is 5.82 Å². The Balaban J connectivity index is 2.15. The molecule has 0 aliphatic carbocycles. The molecule has 0 radical (unpaired) electrons. The van der Waals surface area contributed by atoms with Crippen LogP contribution >= 0.6 is 11.8 Å². The standard InChI is InChI=1S/C10H16N4OS/c1-6-7(2)16-5-4-14(6)10(15)9-11-8(3)12-13-9/h6-7H,4-5H2,1-3H3,(H,11,12,13). The summed E-state index contributed by atoms with van der Waals surface area (Å²) in [6.07, 6.45) is 0. The molecule has 1 N–H and O–H groups in total. The van der Waals surface area contributed by atoms with Crippen molar-refractivity contribution in [2.24, 2.45) is 0 Å². The summed E-state index contributed by atoms with van der Waals surface area (Å²) in [5.41, 5.74) is 0. The van der Waals surface area contributed by atoms with Gasteiger partial charge in [0, 0.05) is 23.6 Å². The molecule has 2 unspecified atom stereocenters. The second-order valence-electron chi connectivity index (χ2n) is 4.06. The van der Waals surface area contributed by atoms with Crippen LogP contribution in [0.3, 0.4) is 0 Å². The Morgan fingerprint density at radius 1 is 1.56 bits per heavy atom. The van der Waals surface area contributed by atoms with Gasteiger partial charge in [-0.25, -0.2) is 4.98 Å². The number of aromatic nitrogens is 3. The molecule has 0 spiro atoms. The second-order valence-corrected chi connectivity index (χ2v) is 5.54. The number of carbonyl (C=O) groups is 1. The van der Waals surface area contributed by atoms with Crippen LogP contribution in [0.4, 0.5) is 0 Å². The molecular weight excluding hydrogens is 224 g/mol. The van der Waals surface area contributed by atoms with E-state index in [4.69, 9.17) is 0 Å². The van der Waals surface area contributed by atoms with E-state index < -0.39 is 0 Å². The smallest absolute Gasteiger partial charge is 0.293 e. The van der Waals surface area contributed by atoms with Crippen molar-refractivity contribution in [1.82, 2.24) is 20.1 Å². The van der Waals surface area contributed by atoms with E-state index in [0.29, 0.717) is 11.1 Å². The minimum atomic E-state index is -0.0657. The summed E-state index contributed by atoms with van der Waals surface area (Å²) in [6, 6.07) is 0.241. The van der Waals surface area contributed by atoms with Gasteiger partial charge in [-0.3, -0.25) is 9.89 Å². The lowest BCUT2D eigenvalue weighted by Gasteiger charge is -2.36. The summed E-state index contributed by atoms with van der Waals surface area (Å²) >= 11 is 1.91. The van der Waals surface area contributed by atoms with Crippen molar-refractivity contribution in [1.29, 1.82) is 0 Å². The number of aromatic amines is 1. The van der Waals surface area contributed by atoms with Gasteiger partial charge in [-0.15, -0.1) is 5.10 Å². The number of aryl methyl sites for hydroxylation is 1. The summed E-state index contributed by atoms with van der Waals surface area (Å²) in [5, 5.41) is 7.09. The van der Waals surface area contributed by atoms with E-state index in [9.17, 15) is 4.79 Å². The first-order valence-electron chi connectivity index (χ1n) is 5.41. The largest absolute Gasteiger partial charge is 0.331 e. The first kappa shape index (κ1) is 11.4. The molecular formula is C10H16N4OS. The number of thioether (sulfide) groups is 1. The fourth-order valence-electron chi connectivity index (χ4n) is 1.79. The molecule has 88 valence electrons. The van der Waals surface area contributed by atoms with Gasteiger partial charge < -0.3 is 4.90 Å². The van der Waals surface area contributed by atoms with E-state index in [1.54, 1.807) is 6.92 Å². The number of carbonyl (C=O) groups excluding carboxylic acids is 1.